The molecule has 1 aromatic heterocycles. The number of carbonyl (C=O) groups excluding carboxylic acids is 1. The second-order valence-corrected chi connectivity index (χ2v) is 8.28. The highest BCUT2D eigenvalue weighted by molar-refractivity contribution is 7.89. The topological polar surface area (TPSA) is 67.3 Å². The zero-order chi connectivity index (χ0) is 19.6. The first-order valence-corrected chi connectivity index (χ1v) is 10.3. The fourth-order valence-corrected chi connectivity index (χ4v) is 4.90. The van der Waals surface area contributed by atoms with Gasteiger partial charge >= 0.3 is 0 Å². The summed E-state index contributed by atoms with van der Waals surface area (Å²) in [6.45, 7) is 0.184. The minimum Gasteiger partial charge on any atom is -0.287 e. The lowest BCUT2D eigenvalue weighted by molar-refractivity contribution is 0.100. The normalized spacial score (nSPS) is 16.8. The number of allylic oxidation sites excluding steroid dienone is 1. The van der Waals surface area contributed by atoms with Crippen LogP contribution in [0.4, 0.5) is 0 Å². The standard InChI is InChI=1S/C22H18N2O3S/c25-22-19-8-4-5-9-21(19)28(26,27)24(15-12-17-6-2-1-3-7-17)20(22)16-18-10-13-23-14-11-18/h1-11,13-14,16H,12,15H2. The van der Waals surface area contributed by atoms with E-state index in [0.717, 1.165) is 11.1 Å². The molecule has 0 aliphatic carbocycles. The molecule has 28 heavy (non-hydrogen) atoms. The van der Waals surface area contributed by atoms with Gasteiger partial charge in [0.05, 0.1) is 4.90 Å². The lowest BCUT2D eigenvalue weighted by Crippen LogP contribution is -2.40. The third kappa shape index (κ3) is 3.34. The molecular weight excluding hydrogens is 372 g/mol. The van der Waals surface area contributed by atoms with Gasteiger partial charge in [0.15, 0.2) is 0 Å². The van der Waals surface area contributed by atoms with E-state index in [1.807, 2.05) is 30.3 Å². The Labute approximate surface area is 164 Å². The molecule has 0 N–H and O–H groups in total. The number of aromatic nitrogens is 1. The van der Waals surface area contributed by atoms with Crippen molar-refractivity contribution in [3.8, 4) is 0 Å². The average Bonchev–Trinajstić information content (AvgIpc) is 2.73. The molecule has 1 aliphatic rings. The Morgan fingerprint density at radius 1 is 0.893 bits per heavy atom. The number of benzene rings is 2. The summed E-state index contributed by atoms with van der Waals surface area (Å²) < 4.78 is 27.8. The van der Waals surface area contributed by atoms with E-state index >= 15 is 0 Å². The van der Waals surface area contributed by atoms with Crippen LogP contribution < -0.4 is 0 Å². The van der Waals surface area contributed by atoms with Crippen LogP contribution in [-0.4, -0.2) is 30.0 Å². The lowest BCUT2D eigenvalue weighted by Gasteiger charge is -2.31. The van der Waals surface area contributed by atoms with Crippen LogP contribution >= 0.6 is 0 Å². The predicted octanol–water partition coefficient (Wildman–Crippen LogP) is 3.55. The van der Waals surface area contributed by atoms with E-state index in [1.165, 1.54) is 10.4 Å². The van der Waals surface area contributed by atoms with Gasteiger partial charge in [-0.1, -0.05) is 42.5 Å². The monoisotopic (exact) mass is 390 g/mol. The molecule has 0 saturated heterocycles. The number of hydrogen-bond donors (Lipinski definition) is 0. The number of rotatable bonds is 4. The van der Waals surface area contributed by atoms with E-state index < -0.39 is 10.0 Å². The number of fused-ring (bicyclic) bond motifs is 1. The number of pyridine rings is 1. The van der Waals surface area contributed by atoms with Gasteiger partial charge in [0.1, 0.15) is 5.70 Å². The molecule has 2 heterocycles. The number of ketones is 1. The van der Waals surface area contributed by atoms with Gasteiger partial charge in [-0.2, -0.15) is 0 Å². The van der Waals surface area contributed by atoms with Crippen LogP contribution in [0.25, 0.3) is 6.08 Å². The molecule has 0 saturated carbocycles. The van der Waals surface area contributed by atoms with Crippen molar-refractivity contribution >= 4 is 21.9 Å². The Balaban J connectivity index is 1.81. The molecule has 4 rings (SSSR count). The number of sulfonamides is 1. The zero-order valence-corrected chi connectivity index (χ0v) is 15.8. The van der Waals surface area contributed by atoms with E-state index in [4.69, 9.17) is 0 Å². The van der Waals surface area contributed by atoms with Crippen LogP contribution in [0.3, 0.4) is 0 Å². The van der Waals surface area contributed by atoms with Crippen molar-refractivity contribution < 1.29 is 13.2 Å². The molecule has 6 heteroatoms. The predicted molar refractivity (Wildman–Crippen MR) is 107 cm³/mol. The lowest BCUT2D eigenvalue weighted by atomic mass is 10.1. The summed E-state index contributed by atoms with van der Waals surface area (Å²) in [6, 6.07) is 19.5. The van der Waals surface area contributed by atoms with E-state index in [1.54, 1.807) is 48.8 Å². The molecular formula is C22H18N2O3S. The summed E-state index contributed by atoms with van der Waals surface area (Å²) in [5, 5.41) is 0. The van der Waals surface area contributed by atoms with Crippen molar-refractivity contribution in [2.24, 2.45) is 0 Å². The van der Waals surface area contributed by atoms with Crippen LogP contribution in [0.15, 0.2) is 89.7 Å². The number of nitrogens with zero attached hydrogens (tertiary/aromatic N) is 2. The Kier molecular flexibility index (Phi) is 4.79. The van der Waals surface area contributed by atoms with Gasteiger partial charge in [-0.3, -0.25) is 14.1 Å². The summed E-state index contributed by atoms with van der Waals surface area (Å²) in [7, 11) is -3.83. The highest BCUT2D eigenvalue weighted by Crippen LogP contribution is 2.33. The van der Waals surface area contributed by atoms with Crippen molar-refractivity contribution in [2.45, 2.75) is 11.3 Å². The smallest absolute Gasteiger partial charge is 0.265 e. The Morgan fingerprint density at radius 3 is 2.32 bits per heavy atom. The molecule has 0 amide bonds. The zero-order valence-electron chi connectivity index (χ0n) is 15.0. The van der Waals surface area contributed by atoms with Crippen LogP contribution in [0.1, 0.15) is 21.5 Å². The van der Waals surface area contributed by atoms with Gasteiger partial charge in [0.25, 0.3) is 10.0 Å². The maximum absolute atomic E-state index is 13.3. The molecule has 3 aromatic rings. The summed E-state index contributed by atoms with van der Waals surface area (Å²) in [6.07, 6.45) is 5.33. The fourth-order valence-electron chi connectivity index (χ4n) is 3.25. The third-order valence-electron chi connectivity index (χ3n) is 4.66. The highest BCUT2D eigenvalue weighted by Gasteiger charge is 2.38. The van der Waals surface area contributed by atoms with Crippen molar-refractivity contribution in [1.29, 1.82) is 0 Å². The number of carbonyl (C=O) groups is 1. The summed E-state index contributed by atoms with van der Waals surface area (Å²) in [5.41, 5.74) is 2.09. The highest BCUT2D eigenvalue weighted by atomic mass is 32.2. The van der Waals surface area contributed by atoms with Crippen molar-refractivity contribution in [1.82, 2.24) is 9.29 Å². The van der Waals surface area contributed by atoms with Crippen molar-refractivity contribution in [3.05, 3.63) is 102 Å². The Hall–Kier alpha value is -3.25. The molecule has 0 fully saturated rings. The van der Waals surface area contributed by atoms with Crippen molar-refractivity contribution in [3.63, 3.8) is 0 Å². The molecule has 0 radical (unpaired) electrons. The minimum absolute atomic E-state index is 0.0555. The quantitative estimate of drug-likeness (QED) is 0.639. The minimum atomic E-state index is -3.83. The largest absolute Gasteiger partial charge is 0.287 e. The first-order valence-electron chi connectivity index (χ1n) is 8.89. The van der Waals surface area contributed by atoms with Gasteiger partial charge in [-0.25, -0.2) is 8.42 Å². The first kappa shape index (κ1) is 18.1. The first-order chi connectivity index (χ1) is 13.6. The summed E-state index contributed by atoms with van der Waals surface area (Å²) in [4.78, 5) is 17.2. The SMILES string of the molecule is O=C1C(=Cc2ccncc2)N(CCc2ccccc2)S(=O)(=O)c2ccccc21. The van der Waals surface area contributed by atoms with Crippen LogP contribution in [0.2, 0.25) is 0 Å². The number of hydrogen-bond acceptors (Lipinski definition) is 4. The molecule has 1 aliphatic heterocycles. The average molecular weight is 390 g/mol. The molecule has 5 nitrogen and oxygen atoms in total. The van der Waals surface area contributed by atoms with Crippen LogP contribution in [-0.2, 0) is 16.4 Å². The van der Waals surface area contributed by atoms with E-state index in [2.05, 4.69) is 4.98 Å². The van der Waals surface area contributed by atoms with Gasteiger partial charge in [0, 0.05) is 24.5 Å². The molecule has 140 valence electrons. The molecule has 0 unspecified atom stereocenters. The van der Waals surface area contributed by atoms with Crippen molar-refractivity contribution in [2.75, 3.05) is 6.54 Å². The second-order valence-electron chi connectivity index (χ2n) is 6.45. The van der Waals surface area contributed by atoms with Gasteiger partial charge in [-0.15, -0.1) is 0 Å². The maximum Gasteiger partial charge on any atom is 0.265 e. The summed E-state index contributed by atoms with van der Waals surface area (Å²) >= 11 is 0. The maximum atomic E-state index is 13.3. The second kappa shape index (κ2) is 7.40. The molecule has 0 atom stereocenters. The van der Waals surface area contributed by atoms with E-state index in [9.17, 15) is 13.2 Å². The Bertz CT molecular complexity index is 1140. The number of Topliss-reactive ketones (excluding diaryl/α,β-unsaturated/α-hetero) is 1. The molecule has 0 bridgehead atoms. The van der Waals surface area contributed by atoms with Gasteiger partial charge in [0.2, 0.25) is 5.78 Å². The van der Waals surface area contributed by atoms with E-state index in [-0.39, 0.29) is 28.5 Å². The molecule has 2 aromatic carbocycles. The van der Waals surface area contributed by atoms with Gasteiger partial charge < -0.3 is 0 Å². The fraction of sp³-hybridized carbons (Fsp3) is 0.0909. The van der Waals surface area contributed by atoms with Gasteiger partial charge in [-0.05, 0) is 47.9 Å². The van der Waals surface area contributed by atoms with E-state index in [0.29, 0.717) is 6.42 Å². The Morgan fingerprint density at radius 2 is 1.57 bits per heavy atom. The third-order valence-corrected chi connectivity index (χ3v) is 6.53. The van der Waals surface area contributed by atoms with Crippen LogP contribution in [0, 0.1) is 0 Å². The van der Waals surface area contributed by atoms with Crippen LogP contribution in [0.5, 0.6) is 0 Å². The summed E-state index contributed by atoms with van der Waals surface area (Å²) in [5.74, 6) is -0.296. The molecule has 0 spiro atoms.